The van der Waals surface area contributed by atoms with Crippen molar-refractivity contribution >= 4 is 16.9 Å². The summed E-state index contributed by atoms with van der Waals surface area (Å²) in [6.07, 6.45) is 2.54. The van der Waals surface area contributed by atoms with E-state index in [2.05, 4.69) is 27.5 Å². The molecule has 1 aromatic heterocycles. The summed E-state index contributed by atoms with van der Waals surface area (Å²) < 4.78 is 5.68. The average Bonchev–Trinajstić information content (AvgIpc) is 2.71. The predicted molar refractivity (Wildman–Crippen MR) is 107 cm³/mol. The summed E-state index contributed by atoms with van der Waals surface area (Å²) in [5.74, 6) is 6.47. The van der Waals surface area contributed by atoms with Gasteiger partial charge in [0, 0.05) is 18.1 Å². The van der Waals surface area contributed by atoms with Crippen LogP contribution in [0, 0.1) is 11.8 Å². The highest BCUT2D eigenvalue weighted by atomic mass is 16.5. The molecule has 0 aliphatic carbocycles. The van der Waals surface area contributed by atoms with Gasteiger partial charge in [-0.15, -0.1) is 0 Å². The quantitative estimate of drug-likeness (QED) is 0.665. The van der Waals surface area contributed by atoms with Gasteiger partial charge in [-0.1, -0.05) is 60.4 Å². The van der Waals surface area contributed by atoms with Gasteiger partial charge in [0.25, 0.3) is 0 Å². The lowest BCUT2D eigenvalue weighted by Gasteiger charge is -2.06. The molecular formula is C22H21N3O2. The summed E-state index contributed by atoms with van der Waals surface area (Å²) in [6.45, 7) is 1.10. The second-order valence-corrected chi connectivity index (χ2v) is 5.82. The molecular weight excluding hydrogens is 338 g/mol. The van der Waals surface area contributed by atoms with E-state index in [9.17, 15) is 4.79 Å². The molecule has 0 radical (unpaired) electrons. The normalized spacial score (nSPS) is 9.93. The van der Waals surface area contributed by atoms with Crippen LogP contribution < -0.4 is 15.4 Å². The zero-order chi connectivity index (χ0) is 18.7. The van der Waals surface area contributed by atoms with Gasteiger partial charge in [-0.2, -0.15) is 0 Å². The van der Waals surface area contributed by atoms with Crippen molar-refractivity contribution in [3.8, 4) is 17.6 Å². The summed E-state index contributed by atoms with van der Waals surface area (Å²) in [5.41, 5.74) is 2.01. The lowest BCUT2D eigenvalue weighted by Crippen LogP contribution is -2.36. The maximum atomic E-state index is 11.7. The average molecular weight is 359 g/mol. The van der Waals surface area contributed by atoms with Gasteiger partial charge in [-0.3, -0.25) is 4.98 Å². The van der Waals surface area contributed by atoms with E-state index in [1.807, 2.05) is 60.7 Å². The molecule has 0 atom stereocenters. The number of nitrogens with zero attached hydrogens (tertiary/aromatic N) is 1. The Hall–Kier alpha value is -3.52. The number of pyridine rings is 1. The van der Waals surface area contributed by atoms with Crippen LogP contribution in [0.15, 0.2) is 66.9 Å². The Bertz CT molecular complexity index is 940. The highest BCUT2D eigenvalue weighted by molar-refractivity contribution is 5.84. The third-order valence-electron chi connectivity index (χ3n) is 3.90. The van der Waals surface area contributed by atoms with Crippen LogP contribution in [0.4, 0.5) is 4.79 Å². The van der Waals surface area contributed by atoms with Crippen molar-refractivity contribution in [2.24, 2.45) is 0 Å². The third kappa shape index (κ3) is 5.75. The van der Waals surface area contributed by atoms with E-state index in [4.69, 9.17) is 4.74 Å². The second-order valence-electron chi connectivity index (χ2n) is 5.82. The molecule has 2 amide bonds. The van der Waals surface area contributed by atoms with Crippen LogP contribution in [0.3, 0.4) is 0 Å². The molecule has 5 heteroatoms. The maximum Gasteiger partial charge on any atom is 0.315 e. The molecule has 0 spiro atoms. The number of fused-ring (bicyclic) bond motifs is 1. The predicted octanol–water partition coefficient (Wildman–Crippen LogP) is 3.16. The highest BCUT2D eigenvalue weighted by Crippen LogP contribution is 2.22. The molecule has 1 heterocycles. The first-order valence-corrected chi connectivity index (χ1v) is 8.81. The summed E-state index contributed by atoms with van der Waals surface area (Å²) in [4.78, 5) is 16.0. The second kappa shape index (κ2) is 9.83. The minimum absolute atomic E-state index is 0.223. The zero-order valence-electron chi connectivity index (χ0n) is 14.9. The molecule has 0 saturated carbocycles. The Morgan fingerprint density at radius 1 is 0.963 bits per heavy atom. The Labute approximate surface area is 158 Å². The number of hydrogen-bond donors (Lipinski definition) is 2. The van der Waals surface area contributed by atoms with Crippen LogP contribution in [-0.2, 0) is 6.42 Å². The molecule has 0 aliphatic rings. The molecule has 0 aliphatic heterocycles. The van der Waals surface area contributed by atoms with Crippen molar-refractivity contribution in [3.63, 3.8) is 0 Å². The maximum absolute atomic E-state index is 11.7. The Morgan fingerprint density at radius 3 is 2.70 bits per heavy atom. The number of aromatic nitrogens is 1. The van der Waals surface area contributed by atoms with Crippen LogP contribution >= 0.6 is 0 Å². The van der Waals surface area contributed by atoms with E-state index < -0.39 is 0 Å². The lowest BCUT2D eigenvalue weighted by molar-refractivity contribution is 0.242. The molecule has 0 bridgehead atoms. The third-order valence-corrected chi connectivity index (χ3v) is 3.90. The Kier molecular flexibility index (Phi) is 6.66. The fourth-order valence-corrected chi connectivity index (χ4v) is 2.57. The number of benzene rings is 2. The summed E-state index contributed by atoms with van der Waals surface area (Å²) in [6, 6.07) is 19.5. The fraction of sp³-hybridized carbons (Fsp3) is 0.182. The number of para-hydroxylation sites is 1. The first kappa shape index (κ1) is 18.3. The number of hydrogen-bond acceptors (Lipinski definition) is 3. The van der Waals surface area contributed by atoms with Gasteiger partial charge >= 0.3 is 6.03 Å². The minimum Gasteiger partial charge on any atom is -0.479 e. The van der Waals surface area contributed by atoms with Crippen molar-refractivity contribution in [2.45, 2.75) is 6.42 Å². The standard InChI is InChI=1S/C22H21N3O2/c26-22(25-16-13-18-8-2-1-3-9-18)24-14-4-5-17-27-20-12-6-10-19-11-7-15-23-21(19)20/h1-3,6-12,15H,13-14,16-17H2,(H2,24,25,26). The molecule has 0 unspecified atom stereocenters. The number of ether oxygens (including phenoxy) is 1. The van der Waals surface area contributed by atoms with Crippen LogP contribution in [0.1, 0.15) is 5.56 Å². The van der Waals surface area contributed by atoms with Crippen molar-refractivity contribution in [3.05, 3.63) is 72.4 Å². The molecule has 0 fully saturated rings. The van der Waals surface area contributed by atoms with E-state index in [-0.39, 0.29) is 19.2 Å². The number of carbonyl (C=O) groups is 1. The van der Waals surface area contributed by atoms with Crippen LogP contribution in [0.25, 0.3) is 10.9 Å². The van der Waals surface area contributed by atoms with E-state index in [0.29, 0.717) is 12.3 Å². The van der Waals surface area contributed by atoms with E-state index >= 15 is 0 Å². The molecule has 0 saturated heterocycles. The molecule has 2 aromatic carbocycles. The zero-order valence-corrected chi connectivity index (χ0v) is 14.9. The number of urea groups is 1. The van der Waals surface area contributed by atoms with Gasteiger partial charge in [0.05, 0.1) is 6.54 Å². The van der Waals surface area contributed by atoms with Crippen molar-refractivity contribution in [2.75, 3.05) is 19.7 Å². The van der Waals surface area contributed by atoms with Crippen LogP contribution in [0.2, 0.25) is 0 Å². The molecule has 5 nitrogen and oxygen atoms in total. The Morgan fingerprint density at radius 2 is 1.81 bits per heavy atom. The molecule has 3 aromatic rings. The summed E-state index contributed by atoms with van der Waals surface area (Å²) >= 11 is 0. The molecule has 27 heavy (non-hydrogen) atoms. The first-order chi connectivity index (χ1) is 13.3. The SMILES string of the molecule is O=C(NCC#CCOc1cccc2cccnc12)NCCc1ccccc1. The summed E-state index contributed by atoms with van der Waals surface area (Å²) in [5, 5.41) is 6.54. The minimum atomic E-state index is -0.223. The van der Waals surface area contributed by atoms with Gasteiger partial charge in [0.2, 0.25) is 0 Å². The van der Waals surface area contributed by atoms with E-state index in [1.165, 1.54) is 5.56 Å². The Balaban J connectivity index is 1.35. The number of nitrogens with one attached hydrogen (secondary N) is 2. The molecule has 2 N–H and O–H groups in total. The lowest BCUT2D eigenvalue weighted by atomic mass is 10.1. The molecule has 3 rings (SSSR count). The topological polar surface area (TPSA) is 63.2 Å². The summed E-state index contributed by atoms with van der Waals surface area (Å²) in [7, 11) is 0. The van der Waals surface area contributed by atoms with Crippen LogP contribution in [-0.4, -0.2) is 30.7 Å². The van der Waals surface area contributed by atoms with Gasteiger partial charge < -0.3 is 15.4 Å². The van der Waals surface area contributed by atoms with Crippen molar-refractivity contribution < 1.29 is 9.53 Å². The van der Waals surface area contributed by atoms with Gasteiger partial charge in [-0.05, 0) is 24.1 Å². The smallest absolute Gasteiger partial charge is 0.315 e. The number of carbonyl (C=O) groups excluding carboxylic acids is 1. The fourth-order valence-electron chi connectivity index (χ4n) is 2.57. The molecule has 136 valence electrons. The highest BCUT2D eigenvalue weighted by Gasteiger charge is 2.01. The number of amides is 2. The number of rotatable bonds is 6. The van der Waals surface area contributed by atoms with Crippen LogP contribution in [0.5, 0.6) is 5.75 Å². The van der Waals surface area contributed by atoms with Gasteiger partial charge in [0.15, 0.2) is 0 Å². The van der Waals surface area contributed by atoms with Gasteiger partial charge in [-0.25, -0.2) is 4.79 Å². The van der Waals surface area contributed by atoms with E-state index in [0.717, 1.165) is 17.3 Å². The van der Waals surface area contributed by atoms with Crippen molar-refractivity contribution in [1.82, 2.24) is 15.6 Å². The largest absolute Gasteiger partial charge is 0.479 e. The first-order valence-electron chi connectivity index (χ1n) is 8.81. The van der Waals surface area contributed by atoms with Crippen molar-refractivity contribution in [1.29, 1.82) is 0 Å². The monoisotopic (exact) mass is 359 g/mol. The van der Waals surface area contributed by atoms with E-state index in [1.54, 1.807) is 6.20 Å². The van der Waals surface area contributed by atoms with Gasteiger partial charge in [0.1, 0.15) is 17.9 Å².